The van der Waals surface area contributed by atoms with Gasteiger partial charge in [0.05, 0.1) is 26.7 Å². The van der Waals surface area contributed by atoms with E-state index in [0.717, 1.165) is 26.7 Å². The summed E-state index contributed by atoms with van der Waals surface area (Å²) in [5.41, 5.74) is 0. The first-order valence-electron chi connectivity index (χ1n) is 5.56. The molecule has 84 valence electrons. The van der Waals surface area contributed by atoms with E-state index in [0.29, 0.717) is 0 Å². The van der Waals surface area contributed by atoms with Crippen molar-refractivity contribution in [2.45, 2.75) is 13.8 Å². The molecule has 2 rings (SSSR count). The van der Waals surface area contributed by atoms with Crippen molar-refractivity contribution >= 4 is 0 Å². The highest BCUT2D eigenvalue weighted by atomic mass is 15.5. The minimum absolute atomic E-state index is 1.11. The molecular formula is C10H24N4. The minimum Gasteiger partial charge on any atom is -0.280 e. The molecule has 0 saturated carbocycles. The van der Waals surface area contributed by atoms with Gasteiger partial charge in [0.1, 0.15) is 0 Å². The summed E-state index contributed by atoms with van der Waals surface area (Å²) in [6, 6.07) is 0. The molecule has 0 aliphatic carbocycles. The molecule has 2 bridgehead atoms. The predicted molar refractivity (Wildman–Crippen MR) is 59.8 cm³/mol. The Labute approximate surface area is 88.1 Å². The molecule has 2 fully saturated rings. The van der Waals surface area contributed by atoms with Gasteiger partial charge in [0.2, 0.25) is 0 Å². The third-order valence-corrected chi connectivity index (χ3v) is 2.50. The molecule has 2 heterocycles. The zero-order chi connectivity index (χ0) is 10.6. The SMILES string of the molecule is CC.CN1CN2CCN(C1)CN(C)C2. The highest BCUT2D eigenvalue weighted by Gasteiger charge is 2.23. The average Bonchev–Trinajstić information content (AvgIpc) is 2.39. The third kappa shape index (κ3) is 3.20. The summed E-state index contributed by atoms with van der Waals surface area (Å²) in [6.07, 6.45) is 0. The molecule has 14 heavy (non-hydrogen) atoms. The molecule has 2 aliphatic rings. The second-order valence-electron chi connectivity index (χ2n) is 4.07. The second-order valence-corrected chi connectivity index (χ2v) is 4.07. The quantitative estimate of drug-likeness (QED) is 0.559. The first-order chi connectivity index (χ1) is 6.74. The lowest BCUT2D eigenvalue weighted by Crippen LogP contribution is -2.46. The van der Waals surface area contributed by atoms with E-state index in [4.69, 9.17) is 0 Å². The largest absolute Gasteiger partial charge is 0.280 e. The van der Waals surface area contributed by atoms with E-state index in [1.165, 1.54) is 13.1 Å². The maximum atomic E-state index is 2.49. The van der Waals surface area contributed by atoms with Crippen LogP contribution in [-0.4, -0.2) is 73.5 Å². The van der Waals surface area contributed by atoms with Crippen LogP contribution in [0.5, 0.6) is 0 Å². The van der Waals surface area contributed by atoms with Gasteiger partial charge in [-0.25, -0.2) is 0 Å². The van der Waals surface area contributed by atoms with E-state index < -0.39 is 0 Å². The van der Waals surface area contributed by atoms with Crippen molar-refractivity contribution in [1.82, 2.24) is 19.6 Å². The van der Waals surface area contributed by atoms with Crippen LogP contribution in [0.3, 0.4) is 0 Å². The van der Waals surface area contributed by atoms with Crippen LogP contribution in [0.2, 0.25) is 0 Å². The molecule has 0 N–H and O–H groups in total. The smallest absolute Gasteiger partial charge is 0.0527 e. The Morgan fingerprint density at radius 2 is 0.929 bits per heavy atom. The van der Waals surface area contributed by atoms with Gasteiger partial charge in [-0.1, -0.05) is 13.8 Å². The molecule has 0 amide bonds. The van der Waals surface area contributed by atoms with Crippen LogP contribution >= 0.6 is 0 Å². The molecular weight excluding hydrogens is 176 g/mol. The summed E-state index contributed by atoms with van der Waals surface area (Å²) in [7, 11) is 4.38. The molecule has 0 aromatic heterocycles. The Kier molecular flexibility index (Phi) is 4.81. The first kappa shape index (κ1) is 11.9. The second kappa shape index (κ2) is 5.66. The highest BCUT2D eigenvalue weighted by molar-refractivity contribution is 4.71. The standard InChI is InChI=1S/C8H18N4.C2H6/c1-9-5-11-3-4-12(6-9)8-10(2)7-11;1-2/h3-8H2,1-2H3;1-2H3. The Bertz CT molecular complexity index is 132. The third-order valence-electron chi connectivity index (χ3n) is 2.50. The van der Waals surface area contributed by atoms with Crippen LogP contribution in [0.25, 0.3) is 0 Å². The lowest BCUT2D eigenvalue weighted by molar-refractivity contribution is 0.0436. The van der Waals surface area contributed by atoms with Crippen molar-refractivity contribution in [3.63, 3.8) is 0 Å². The van der Waals surface area contributed by atoms with Crippen molar-refractivity contribution in [2.75, 3.05) is 53.9 Å². The van der Waals surface area contributed by atoms with Gasteiger partial charge >= 0.3 is 0 Å². The molecule has 4 heteroatoms. The zero-order valence-corrected chi connectivity index (χ0v) is 10.0. The van der Waals surface area contributed by atoms with Gasteiger partial charge in [-0.05, 0) is 14.1 Å². The van der Waals surface area contributed by atoms with Crippen LogP contribution in [0.15, 0.2) is 0 Å². The van der Waals surface area contributed by atoms with Crippen molar-refractivity contribution in [3.8, 4) is 0 Å². The summed E-state index contributed by atoms with van der Waals surface area (Å²) in [6.45, 7) is 10.9. The molecule has 0 atom stereocenters. The summed E-state index contributed by atoms with van der Waals surface area (Å²) < 4.78 is 0. The van der Waals surface area contributed by atoms with Gasteiger partial charge in [-0.2, -0.15) is 0 Å². The van der Waals surface area contributed by atoms with Crippen molar-refractivity contribution in [3.05, 3.63) is 0 Å². The van der Waals surface area contributed by atoms with Crippen LogP contribution < -0.4 is 0 Å². The van der Waals surface area contributed by atoms with Gasteiger partial charge in [0, 0.05) is 13.1 Å². The van der Waals surface area contributed by atoms with Gasteiger partial charge in [0.15, 0.2) is 0 Å². The lowest BCUT2D eigenvalue weighted by Gasteiger charge is -2.33. The summed E-state index contributed by atoms with van der Waals surface area (Å²) in [5.74, 6) is 0. The molecule has 0 aromatic carbocycles. The molecule has 0 radical (unpaired) electrons. The minimum atomic E-state index is 1.11. The fraction of sp³-hybridized carbons (Fsp3) is 1.00. The fourth-order valence-corrected chi connectivity index (χ4v) is 2.11. The summed E-state index contributed by atoms with van der Waals surface area (Å²) >= 11 is 0. The van der Waals surface area contributed by atoms with Crippen LogP contribution in [-0.2, 0) is 0 Å². The highest BCUT2D eigenvalue weighted by Crippen LogP contribution is 2.08. The Hall–Kier alpha value is -0.160. The molecule has 0 aromatic rings. The molecule has 0 unspecified atom stereocenters. The van der Waals surface area contributed by atoms with Crippen molar-refractivity contribution in [2.24, 2.45) is 0 Å². The molecule has 4 nitrogen and oxygen atoms in total. The van der Waals surface area contributed by atoms with E-state index >= 15 is 0 Å². The van der Waals surface area contributed by atoms with Gasteiger partial charge in [-0.15, -0.1) is 0 Å². The fourth-order valence-electron chi connectivity index (χ4n) is 2.11. The van der Waals surface area contributed by atoms with Crippen molar-refractivity contribution < 1.29 is 0 Å². The van der Waals surface area contributed by atoms with E-state index in [9.17, 15) is 0 Å². The van der Waals surface area contributed by atoms with Crippen molar-refractivity contribution in [1.29, 1.82) is 0 Å². The number of fused-ring (bicyclic) bond motifs is 3. The summed E-state index contributed by atoms with van der Waals surface area (Å²) in [5, 5.41) is 0. The van der Waals surface area contributed by atoms with E-state index in [1.54, 1.807) is 0 Å². The van der Waals surface area contributed by atoms with E-state index in [1.807, 2.05) is 13.8 Å². The number of hydrogen-bond acceptors (Lipinski definition) is 4. The Balaban J connectivity index is 0.000000461. The lowest BCUT2D eigenvalue weighted by atomic mass is 10.5. The number of rotatable bonds is 0. The normalized spacial score (nSPS) is 34.3. The van der Waals surface area contributed by atoms with Gasteiger partial charge in [-0.3, -0.25) is 19.6 Å². The Morgan fingerprint density at radius 1 is 0.643 bits per heavy atom. The monoisotopic (exact) mass is 200 g/mol. The molecule has 2 saturated heterocycles. The average molecular weight is 200 g/mol. The van der Waals surface area contributed by atoms with E-state index in [-0.39, 0.29) is 0 Å². The topological polar surface area (TPSA) is 13.0 Å². The van der Waals surface area contributed by atoms with Gasteiger partial charge in [0.25, 0.3) is 0 Å². The summed E-state index contributed by atoms with van der Waals surface area (Å²) in [4.78, 5) is 9.74. The zero-order valence-electron chi connectivity index (χ0n) is 10.0. The van der Waals surface area contributed by atoms with E-state index in [2.05, 4.69) is 33.7 Å². The van der Waals surface area contributed by atoms with Gasteiger partial charge < -0.3 is 0 Å². The van der Waals surface area contributed by atoms with Crippen LogP contribution in [0.4, 0.5) is 0 Å². The first-order valence-corrected chi connectivity index (χ1v) is 5.56. The van der Waals surface area contributed by atoms with Crippen LogP contribution in [0, 0.1) is 0 Å². The number of nitrogens with zero attached hydrogens (tertiary/aromatic N) is 4. The number of hydrogen-bond donors (Lipinski definition) is 0. The molecule has 2 aliphatic heterocycles. The molecule has 0 spiro atoms. The maximum absolute atomic E-state index is 2.49. The maximum Gasteiger partial charge on any atom is 0.0527 e. The predicted octanol–water partition coefficient (Wildman–Crippen LogP) is 0.337. The Morgan fingerprint density at radius 3 is 1.21 bits per heavy atom. The van der Waals surface area contributed by atoms with Crippen LogP contribution in [0.1, 0.15) is 13.8 Å².